The number of amidine groups is 1. The van der Waals surface area contributed by atoms with Crippen LogP contribution in [-0.2, 0) is 0 Å². The molecule has 3 heteroatoms. The highest BCUT2D eigenvalue weighted by atomic mass is 127. The molecule has 1 aliphatic heterocycles. The molecular weight excluding hydrogens is 275 g/mol. The summed E-state index contributed by atoms with van der Waals surface area (Å²) in [5, 5.41) is 3.16. The number of allylic oxidation sites excluding steroid dienone is 2. The van der Waals surface area contributed by atoms with Gasteiger partial charge in [0.2, 0.25) is 0 Å². The van der Waals surface area contributed by atoms with E-state index < -0.39 is 0 Å². The van der Waals surface area contributed by atoms with Crippen LogP contribution in [0.5, 0.6) is 0 Å². The van der Waals surface area contributed by atoms with Gasteiger partial charge in [0.25, 0.3) is 0 Å². The lowest BCUT2D eigenvalue weighted by atomic mass is 10.4. The predicted molar refractivity (Wildman–Crippen MR) is 68.9 cm³/mol. The van der Waals surface area contributed by atoms with Crippen molar-refractivity contribution in [2.45, 2.75) is 26.7 Å². The van der Waals surface area contributed by atoms with Gasteiger partial charge >= 0.3 is 0 Å². The Bertz CT molecular complexity index is 158. The first-order chi connectivity index (χ1) is 6.35. The second-order valence-corrected chi connectivity index (χ2v) is 3.52. The second kappa shape index (κ2) is 10.0. The molecule has 0 aliphatic carbocycles. The Labute approximate surface area is 95.0 Å². The van der Waals surface area contributed by atoms with Gasteiger partial charge in [0.05, 0.1) is 12.4 Å². The van der Waals surface area contributed by atoms with Crippen molar-refractivity contribution in [2.75, 3.05) is 17.5 Å². The normalized spacial score (nSPS) is 14.8. The van der Waals surface area contributed by atoms with Crippen molar-refractivity contribution >= 4 is 28.4 Å². The van der Waals surface area contributed by atoms with Crippen LogP contribution < -0.4 is 5.32 Å². The van der Waals surface area contributed by atoms with E-state index in [1.807, 2.05) is 0 Å². The predicted octanol–water partition coefficient (Wildman–Crippen LogP) is 2.79. The molecule has 2 nitrogen and oxygen atoms in total. The summed E-state index contributed by atoms with van der Waals surface area (Å²) in [6.45, 7) is 6.27. The van der Waals surface area contributed by atoms with Crippen molar-refractivity contribution in [3.05, 3.63) is 12.2 Å². The van der Waals surface area contributed by atoms with E-state index in [-0.39, 0.29) is 0 Å². The molecule has 0 saturated heterocycles. The molecule has 1 rings (SSSR count). The summed E-state index contributed by atoms with van der Waals surface area (Å²) >= 11 is 2.32. The molecule has 0 unspecified atom stereocenters. The van der Waals surface area contributed by atoms with Crippen LogP contribution in [0.1, 0.15) is 26.7 Å². The first-order valence-electron chi connectivity index (χ1n) is 4.83. The fourth-order valence-corrected chi connectivity index (χ4v) is 1.27. The monoisotopic (exact) mass is 294 g/mol. The van der Waals surface area contributed by atoms with Gasteiger partial charge in [-0.25, -0.2) is 0 Å². The van der Waals surface area contributed by atoms with Gasteiger partial charge in [-0.05, 0) is 6.42 Å². The molecule has 76 valence electrons. The quantitative estimate of drug-likeness (QED) is 0.483. The number of alkyl halides is 1. The van der Waals surface area contributed by atoms with Gasteiger partial charge in [-0.2, -0.15) is 0 Å². The minimum atomic E-state index is 0.975. The maximum absolute atomic E-state index is 4.16. The third-order valence-corrected chi connectivity index (χ3v) is 2.08. The summed E-state index contributed by atoms with van der Waals surface area (Å²) in [7, 11) is 0. The van der Waals surface area contributed by atoms with E-state index in [0.29, 0.717) is 0 Å². The van der Waals surface area contributed by atoms with E-state index in [9.17, 15) is 0 Å². The lowest BCUT2D eigenvalue weighted by Crippen LogP contribution is -2.16. The molecule has 0 atom stereocenters. The van der Waals surface area contributed by atoms with Crippen LogP contribution in [0.3, 0.4) is 0 Å². The minimum absolute atomic E-state index is 0.975. The molecule has 0 saturated carbocycles. The highest BCUT2D eigenvalue weighted by Crippen LogP contribution is 1.87. The molecule has 0 bridgehead atoms. The molecule has 1 aliphatic rings. The molecule has 1 heterocycles. The number of nitrogens with zero attached hydrogens (tertiary/aromatic N) is 1. The molecule has 0 amide bonds. The molecule has 0 radical (unpaired) electrons. The van der Waals surface area contributed by atoms with Crippen LogP contribution in [0, 0.1) is 0 Å². The van der Waals surface area contributed by atoms with E-state index >= 15 is 0 Å². The molecule has 0 spiro atoms. The standard InChI is InChI=1S/C5H9I.C5H10N2/c1-2-3-4-5-6;1-2-5-6-3-4-7-5/h3-4H,2,5H2,1H3;2-4H2,1H3,(H,6,7)/b4-3-;. The number of halogens is 1. The Kier molecular flexibility index (Phi) is 9.98. The zero-order valence-electron chi connectivity index (χ0n) is 8.52. The van der Waals surface area contributed by atoms with Gasteiger partial charge in [0, 0.05) is 17.4 Å². The summed E-state index contributed by atoms with van der Waals surface area (Å²) in [5.41, 5.74) is 0. The lowest BCUT2D eigenvalue weighted by molar-refractivity contribution is 0.951. The number of nitrogens with one attached hydrogen (secondary N) is 1. The Morgan fingerprint density at radius 1 is 1.46 bits per heavy atom. The van der Waals surface area contributed by atoms with Crippen molar-refractivity contribution in [2.24, 2.45) is 4.99 Å². The molecule has 13 heavy (non-hydrogen) atoms. The first kappa shape index (κ1) is 12.9. The van der Waals surface area contributed by atoms with E-state index in [1.54, 1.807) is 0 Å². The fourth-order valence-electron chi connectivity index (χ4n) is 0.913. The summed E-state index contributed by atoms with van der Waals surface area (Å²) in [5.74, 6) is 1.17. The number of hydrogen-bond acceptors (Lipinski definition) is 2. The van der Waals surface area contributed by atoms with Gasteiger partial charge in [-0.15, -0.1) is 0 Å². The van der Waals surface area contributed by atoms with Crippen LogP contribution in [0.2, 0.25) is 0 Å². The highest BCUT2D eigenvalue weighted by molar-refractivity contribution is 14.1. The minimum Gasteiger partial charge on any atom is -0.372 e. The van der Waals surface area contributed by atoms with Gasteiger partial charge in [0.15, 0.2) is 0 Å². The lowest BCUT2D eigenvalue weighted by Gasteiger charge is -1.91. The molecular formula is C10H19IN2. The van der Waals surface area contributed by atoms with Crippen LogP contribution >= 0.6 is 22.6 Å². The number of rotatable bonds is 3. The first-order valence-corrected chi connectivity index (χ1v) is 6.35. The van der Waals surface area contributed by atoms with Crippen molar-refractivity contribution in [1.82, 2.24) is 5.32 Å². The fraction of sp³-hybridized carbons (Fsp3) is 0.700. The van der Waals surface area contributed by atoms with Crippen LogP contribution in [0.4, 0.5) is 0 Å². The van der Waals surface area contributed by atoms with E-state index in [4.69, 9.17) is 0 Å². The average molecular weight is 294 g/mol. The zero-order valence-corrected chi connectivity index (χ0v) is 10.7. The van der Waals surface area contributed by atoms with Crippen LogP contribution in [-0.4, -0.2) is 23.4 Å². The third-order valence-electron chi connectivity index (χ3n) is 1.57. The Morgan fingerprint density at radius 3 is 2.46 bits per heavy atom. The van der Waals surface area contributed by atoms with Gasteiger partial charge in [0.1, 0.15) is 0 Å². The zero-order chi connectivity index (χ0) is 9.94. The van der Waals surface area contributed by atoms with Gasteiger partial charge < -0.3 is 5.32 Å². The Balaban J connectivity index is 0.000000226. The van der Waals surface area contributed by atoms with E-state index in [1.165, 1.54) is 12.3 Å². The van der Waals surface area contributed by atoms with Crippen LogP contribution in [0.15, 0.2) is 17.1 Å². The van der Waals surface area contributed by atoms with Crippen molar-refractivity contribution in [3.8, 4) is 0 Å². The molecule has 0 aromatic carbocycles. The smallest absolute Gasteiger partial charge is 0.0961 e. The second-order valence-electron chi connectivity index (χ2n) is 2.64. The number of hydrogen-bond donors (Lipinski definition) is 1. The van der Waals surface area contributed by atoms with E-state index in [2.05, 4.69) is 58.9 Å². The third kappa shape index (κ3) is 8.28. The highest BCUT2D eigenvalue weighted by Gasteiger charge is 1.98. The maximum Gasteiger partial charge on any atom is 0.0961 e. The summed E-state index contributed by atoms with van der Waals surface area (Å²) in [6.07, 6.45) is 6.57. The molecule has 1 N–H and O–H groups in total. The largest absolute Gasteiger partial charge is 0.372 e. The summed E-state index contributed by atoms with van der Waals surface area (Å²) in [4.78, 5) is 4.16. The number of aliphatic imine (C=N–C) groups is 1. The summed E-state index contributed by atoms with van der Waals surface area (Å²) < 4.78 is 1.14. The molecule has 0 aromatic heterocycles. The van der Waals surface area contributed by atoms with Gasteiger partial charge in [-0.3, -0.25) is 4.99 Å². The van der Waals surface area contributed by atoms with Crippen molar-refractivity contribution < 1.29 is 0 Å². The van der Waals surface area contributed by atoms with Crippen molar-refractivity contribution in [1.29, 1.82) is 0 Å². The SMILES string of the molecule is CC/C=C\CI.CCC1=NCCN1. The molecule has 0 fully saturated rings. The average Bonchev–Trinajstić information content (AvgIpc) is 2.68. The van der Waals surface area contributed by atoms with Gasteiger partial charge in [-0.1, -0.05) is 48.6 Å². The van der Waals surface area contributed by atoms with E-state index in [0.717, 1.165) is 23.9 Å². The van der Waals surface area contributed by atoms with Crippen LogP contribution in [0.25, 0.3) is 0 Å². The Hall–Kier alpha value is -0.0600. The molecule has 0 aromatic rings. The summed E-state index contributed by atoms with van der Waals surface area (Å²) in [6, 6.07) is 0. The topological polar surface area (TPSA) is 24.4 Å². The van der Waals surface area contributed by atoms with Crippen molar-refractivity contribution in [3.63, 3.8) is 0 Å². The maximum atomic E-state index is 4.16. The Morgan fingerprint density at radius 2 is 2.23 bits per heavy atom.